The molecule has 0 aliphatic carbocycles. The van der Waals surface area contributed by atoms with Crippen LogP contribution < -0.4 is 10.9 Å². The maximum Gasteiger partial charge on any atom is 0.274 e. The molecule has 29 heavy (non-hydrogen) atoms. The van der Waals surface area contributed by atoms with E-state index < -0.39 is 5.60 Å². The summed E-state index contributed by atoms with van der Waals surface area (Å²) in [6.07, 6.45) is 3.61. The monoisotopic (exact) mass is 414 g/mol. The molecule has 0 radical (unpaired) electrons. The molecule has 0 aliphatic heterocycles. The molecule has 0 saturated heterocycles. The molecule has 8 heteroatoms. The Morgan fingerprint density at radius 3 is 2.76 bits per heavy atom. The lowest BCUT2D eigenvalue weighted by Gasteiger charge is -2.25. The van der Waals surface area contributed by atoms with Crippen LogP contribution in [0.1, 0.15) is 49.4 Å². The smallest absolute Gasteiger partial charge is 0.274 e. The number of nitrogens with zero attached hydrogens (tertiary/aromatic N) is 3. The standard InChI is InChI=1S/C21H26N4O3S/c1-14(2)28-21(3,4)17-13-29-20(22-17)23-19(27)16-7-6-9-25(16)12-15-8-10-24(5)18(26)11-15/h6-11,13-14H,12H2,1-5H3,(H,22,23,27). The quantitative estimate of drug-likeness (QED) is 0.641. The van der Waals surface area contributed by atoms with Crippen molar-refractivity contribution in [3.8, 4) is 0 Å². The van der Waals surface area contributed by atoms with Gasteiger partial charge in [0.25, 0.3) is 11.5 Å². The number of carbonyl (C=O) groups is 1. The van der Waals surface area contributed by atoms with Crippen molar-refractivity contribution in [2.24, 2.45) is 7.05 Å². The minimum atomic E-state index is -0.534. The maximum atomic E-state index is 12.8. The number of aryl methyl sites for hydroxylation is 1. The number of ether oxygens (including phenoxy) is 1. The average Bonchev–Trinajstić information content (AvgIpc) is 3.27. The number of nitrogens with one attached hydrogen (secondary N) is 1. The highest BCUT2D eigenvalue weighted by Crippen LogP contribution is 2.29. The van der Waals surface area contributed by atoms with Crippen LogP contribution in [0.3, 0.4) is 0 Å². The van der Waals surface area contributed by atoms with Crippen LogP contribution in [0.15, 0.2) is 46.8 Å². The zero-order chi connectivity index (χ0) is 21.2. The van der Waals surface area contributed by atoms with E-state index in [9.17, 15) is 9.59 Å². The predicted octanol–water partition coefficient (Wildman–Crippen LogP) is 3.60. The van der Waals surface area contributed by atoms with Crippen LogP contribution in [0, 0.1) is 0 Å². The average molecular weight is 415 g/mol. The van der Waals surface area contributed by atoms with E-state index in [1.165, 1.54) is 15.9 Å². The van der Waals surface area contributed by atoms with E-state index in [1.54, 1.807) is 25.4 Å². The lowest BCUT2D eigenvalue weighted by atomic mass is 10.1. The van der Waals surface area contributed by atoms with E-state index in [4.69, 9.17) is 4.74 Å². The van der Waals surface area contributed by atoms with Crippen molar-refractivity contribution in [1.82, 2.24) is 14.1 Å². The third-order valence-electron chi connectivity index (χ3n) is 4.46. The highest BCUT2D eigenvalue weighted by atomic mass is 32.1. The highest BCUT2D eigenvalue weighted by Gasteiger charge is 2.26. The van der Waals surface area contributed by atoms with Gasteiger partial charge in [-0.3, -0.25) is 14.9 Å². The Balaban J connectivity index is 1.73. The molecule has 0 bridgehead atoms. The SMILES string of the molecule is CC(C)OC(C)(C)c1csc(NC(=O)c2cccn2Cc2ccn(C)c(=O)c2)n1. The van der Waals surface area contributed by atoms with Gasteiger partial charge in [0.1, 0.15) is 11.3 Å². The molecule has 3 aromatic rings. The van der Waals surface area contributed by atoms with Crippen LogP contribution in [0.5, 0.6) is 0 Å². The Kier molecular flexibility index (Phi) is 6.04. The highest BCUT2D eigenvalue weighted by molar-refractivity contribution is 7.14. The summed E-state index contributed by atoms with van der Waals surface area (Å²) in [5.74, 6) is -0.248. The number of thiazole rings is 1. The summed E-state index contributed by atoms with van der Waals surface area (Å²) in [6, 6.07) is 7.00. The molecule has 0 spiro atoms. The largest absolute Gasteiger partial charge is 0.367 e. The van der Waals surface area contributed by atoms with Crippen molar-refractivity contribution in [3.05, 3.63) is 69.3 Å². The van der Waals surface area contributed by atoms with Gasteiger partial charge in [0, 0.05) is 37.4 Å². The Morgan fingerprint density at radius 1 is 1.31 bits per heavy atom. The molecule has 0 saturated carbocycles. The van der Waals surface area contributed by atoms with Gasteiger partial charge in [0.05, 0.1) is 11.8 Å². The Hall–Kier alpha value is -2.71. The van der Waals surface area contributed by atoms with Crippen molar-refractivity contribution < 1.29 is 9.53 Å². The van der Waals surface area contributed by atoms with Gasteiger partial charge in [-0.25, -0.2) is 4.98 Å². The number of amides is 1. The van der Waals surface area contributed by atoms with Crippen molar-refractivity contribution in [2.75, 3.05) is 5.32 Å². The van der Waals surface area contributed by atoms with Crippen molar-refractivity contribution in [2.45, 2.75) is 45.9 Å². The first kappa shape index (κ1) is 21.0. The van der Waals surface area contributed by atoms with Gasteiger partial charge in [-0.05, 0) is 51.5 Å². The van der Waals surface area contributed by atoms with E-state index in [0.29, 0.717) is 17.4 Å². The third kappa shape index (κ3) is 5.02. The molecule has 0 unspecified atom stereocenters. The fourth-order valence-corrected chi connectivity index (χ4v) is 3.92. The van der Waals surface area contributed by atoms with Crippen LogP contribution in [0.2, 0.25) is 0 Å². The number of pyridine rings is 1. The van der Waals surface area contributed by atoms with E-state index >= 15 is 0 Å². The lowest BCUT2D eigenvalue weighted by molar-refractivity contribution is -0.0623. The summed E-state index contributed by atoms with van der Waals surface area (Å²) < 4.78 is 9.24. The molecule has 1 amide bonds. The van der Waals surface area contributed by atoms with E-state index in [-0.39, 0.29) is 17.6 Å². The molecule has 7 nitrogen and oxygen atoms in total. The maximum absolute atomic E-state index is 12.8. The molecule has 0 aliphatic rings. The lowest BCUT2D eigenvalue weighted by Crippen LogP contribution is -2.26. The summed E-state index contributed by atoms with van der Waals surface area (Å²) >= 11 is 1.37. The number of hydrogen-bond acceptors (Lipinski definition) is 5. The minimum Gasteiger partial charge on any atom is -0.367 e. The second-order valence-electron chi connectivity index (χ2n) is 7.67. The molecule has 1 N–H and O–H groups in total. The molecule has 0 atom stereocenters. The molecule has 3 rings (SSSR count). The fourth-order valence-electron chi connectivity index (χ4n) is 3.06. The second kappa shape index (κ2) is 8.34. The molecular weight excluding hydrogens is 388 g/mol. The van der Waals surface area contributed by atoms with Crippen LogP contribution in [0.25, 0.3) is 0 Å². The van der Waals surface area contributed by atoms with Crippen molar-refractivity contribution in [1.29, 1.82) is 0 Å². The number of anilines is 1. The van der Waals surface area contributed by atoms with Crippen LogP contribution >= 0.6 is 11.3 Å². The van der Waals surface area contributed by atoms with E-state index in [2.05, 4.69) is 10.3 Å². The van der Waals surface area contributed by atoms with Crippen LogP contribution in [-0.4, -0.2) is 26.1 Å². The van der Waals surface area contributed by atoms with Gasteiger partial charge in [-0.15, -0.1) is 11.3 Å². The topological polar surface area (TPSA) is 78.1 Å². The van der Waals surface area contributed by atoms with Gasteiger partial charge in [0.15, 0.2) is 5.13 Å². The number of rotatable bonds is 7. The first-order valence-electron chi connectivity index (χ1n) is 9.41. The zero-order valence-electron chi connectivity index (χ0n) is 17.3. The van der Waals surface area contributed by atoms with E-state index in [1.807, 2.05) is 56.0 Å². The van der Waals surface area contributed by atoms with Crippen LogP contribution in [-0.2, 0) is 23.9 Å². The Bertz CT molecular complexity index is 1060. The summed E-state index contributed by atoms with van der Waals surface area (Å²) in [5.41, 5.74) is 1.50. The van der Waals surface area contributed by atoms with Crippen LogP contribution in [0.4, 0.5) is 5.13 Å². The summed E-state index contributed by atoms with van der Waals surface area (Å²) in [7, 11) is 1.70. The molecular formula is C21H26N4O3S. The normalized spacial score (nSPS) is 11.8. The van der Waals surface area contributed by atoms with Gasteiger partial charge in [-0.1, -0.05) is 0 Å². The summed E-state index contributed by atoms with van der Waals surface area (Å²) in [4.78, 5) is 29.1. The number of aromatic nitrogens is 3. The molecule has 3 aromatic heterocycles. The molecule has 3 heterocycles. The van der Waals surface area contributed by atoms with E-state index in [0.717, 1.165) is 11.3 Å². The Labute approximate surface area is 174 Å². The van der Waals surface area contributed by atoms with Gasteiger partial charge < -0.3 is 13.9 Å². The number of carbonyl (C=O) groups excluding carboxylic acids is 1. The predicted molar refractivity (Wildman–Crippen MR) is 115 cm³/mol. The first-order chi connectivity index (χ1) is 13.7. The fraction of sp³-hybridized carbons (Fsp3) is 0.381. The third-order valence-corrected chi connectivity index (χ3v) is 5.21. The summed E-state index contributed by atoms with van der Waals surface area (Å²) in [5, 5.41) is 5.28. The van der Waals surface area contributed by atoms with Gasteiger partial charge in [0.2, 0.25) is 0 Å². The Morgan fingerprint density at radius 2 is 2.07 bits per heavy atom. The molecule has 154 valence electrons. The first-order valence-corrected chi connectivity index (χ1v) is 10.3. The van der Waals surface area contributed by atoms with Crippen molar-refractivity contribution in [3.63, 3.8) is 0 Å². The number of hydrogen-bond donors (Lipinski definition) is 1. The minimum absolute atomic E-state index is 0.0721. The molecule has 0 aromatic carbocycles. The van der Waals surface area contributed by atoms with Gasteiger partial charge in [-0.2, -0.15) is 0 Å². The second-order valence-corrected chi connectivity index (χ2v) is 8.53. The van der Waals surface area contributed by atoms with Crippen molar-refractivity contribution >= 4 is 22.4 Å². The summed E-state index contributed by atoms with van der Waals surface area (Å²) in [6.45, 7) is 8.32. The molecule has 0 fully saturated rings. The van der Waals surface area contributed by atoms with Gasteiger partial charge >= 0.3 is 0 Å². The zero-order valence-corrected chi connectivity index (χ0v) is 18.1.